The van der Waals surface area contributed by atoms with Gasteiger partial charge < -0.3 is 14.5 Å². The van der Waals surface area contributed by atoms with E-state index in [4.69, 9.17) is 32.7 Å². The van der Waals surface area contributed by atoms with Gasteiger partial charge in [-0.2, -0.15) is 0 Å². The fourth-order valence-electron chi connectivity index (χ4n) is 2.52. The number of benzene rings is 1. The van der Waals surface area contributed by atoms with Crippen LogP contribution in [0.3, 0.4) is 0 Å². The quantitative estimate of drug-likeness (QED) is 0.584. The van der Waals surface area contributed by atoms with E-state index in [2.05, 4.69) is 4.98 Å². The molecular weight excluding hydrogens is 381 g/mol. The number of ketones is 1. The van der Waals surface area contributed by atoms with E-state index in [0.717, 1.165) is 0 Å². The number of ether oxygens (including phenoxy) is 2. The predicted molar refractivity (Wildman–Crippen MR) is 97.3 cm³/mol. The van der Waals surface area contributed by atoms with Crippen molar-refractivity contribution in [1.29, 1.82) is 0 Å². The topological polar surface area (TPSA) is 85.5 Å². The molecule has 0 unspecified atom stereocenters. The number of aromatic amines is 1. The predicted octanol–water partition coefficient (Wildman–Crippen LogP) is 4.15. The number of aromatic nitrogens is 1. The van der Waals surface area contributed by atoms with Gasteiger partial charge in [-0.15, -0.1) is 0 Å². The fraction of sp³-hybridized carbons (Fsp3) is 0.278. The first-order chi connectivity index (χ1) is 12.3. The molecule has 1 aromatic carbocycles. The minimum atomic E-state index is -0.762. The van der Waals surface area contributed by atoms with Gasteiger partial charge in [0, 0.05) is 11.3 Å². The van der Waals surface area contributed by atoms with E-state index < -0.39 is 24.3 Å². The summed E-state index contributed by atoms with van der Waals surface area (Å²) in [6.07, 6.45) is 0. The largest absolute Gasteiger partial charge is 0.461 e. The van der Waals surface area contributed by atoms with Gasteiger partial charge in [-0.3, -0.25) is 4.79 Å². The molecule has 0 aliphatic rings. The van der Waals surface area contributed by atoms with Crippen LogP contribution in [0.1, 0.15) is 49.4 Å². The van der Waals surface area contributed by atoms with Gasteiger partial charge >= 0.3 is 11.9 Å². The third-order valence-corrected chi connectivity index (χ3v) is 4.52. The Morgan fingerprint density at radius 3 is 2.42 bits per heavy atom. The Bertz CT molecular complexity index is 873. The van der Waals surface area contributed by atoms with Crippen molar-refractivity contribution in [2.45, 2.75) is 20.8 Å². The summed E-state index contributed by atoms with van der Waals surface area (Å²) in [4.78, 5) is 39.3. The van der Waals surface area contributed by atoms with Gasteiger partial charge in [-0.25, -0.2) is 9.59 Å². The molecule has 0 fully saturated rings. The number of rotatable bonds is 6. The maximum absolute atomic E-state index is 12.5. The van der Waals surface area contributed by atoms with E-state index in [0.29, 0.717) is 11.3 Å². The molecule has 0 aliphatic carbocycles. The molecule has 1 heterocycles. The maximum atomic E-state index is 12.5. The SMILES string of the molecule is CCOC(=O)c1[nH]c(C)c(C(=O)COC(=O)c2cccc(Cl)c2Cl)c1C. The molecule has 6 nitrogen and oxygen atoms in total. The molecule has 138 valence electrons. The zero-order chi connectivity index (χ0) is 19.4. The molecule has 26 heavy (non-hydrogen) atoms. The first kappa shape index (κ1) is 20.0. The van der Waals surface area contributed by atoms with Gasteiger partial charge in [0.15, 0.2) is 6.61 Å². The van der Waals surface area contributed by atoms with E-state index in [1.807, 2.05) is 0 Å². The van der Waals surface area contributed by atoms with Crippen molar-refractivity contribution in [3.05, 3.63) is 56.3 Å². The van der Waals surface area contributed by atoms with Crippen LogP contribution in [0.4, 0.5) is 0 Å². The van der Waals surface area contributed by atoms with Crippen molar-refractivity contribution in [1.82, 2.24) is 4.98 Å². The Labute approximate surface area is 160 Å². The highest BCUT2D eigenvalue weighted by Crippen LogP contribution is 2.26. The van der Waals surface area contributed by atoms with Crippen LogP contribution >= 0.6 is 23.2 Å². The van der Waals surface area contributed by atoms with E-state index in [1.54, 1.807) is 26.8 Å². The lowest BCUT2D eigenvalue weighted by molar-refractivity contribution is 0.0473. The highest BCUT2D eigenvalue weighted by atomic mass is 35.5. The standard InChI is InChI=1S/C18H17Cl2NO5/c1-4-25-18(24)16-9(2)14(10(3)21-16)13(22)8-26-17(23)11-6-5-7-12(19)15(11)20/h5-7,21H,4,8H2,1-3H3. The van der Waals surface area contributed by atoms with E-state index in [1.165, 1.54) is 12.1 Å². The maximum Gasteiger partial charge on any atom is 0.355 e. The smallest absolute Gasteiger partial charge is 0.355 e. The highest BCUT2D eigenvalue weighted by Gasteiger charge is 2.24. The molecule has 0 amide bonds. The summed E-state index contributed by atoms with van der Waals surface area (Å²) in [6, 6.07) is 4.54. The Hall–Kier alpha value is -2.31. The van der Waals surface area contributed by atoms with Gasteiger partial charge in [0.2, 0.25) is 5.78 Å². The molecule has 0 saturated heterocycles. The molecule has 2 aromatic rings. The van der Waals surface area contributed by atoms with Crippen LogP contribution in [0.25, 0.3) is 0 Å². The van der Waals surface area contributed by atoms with Crippen LogP contribution < -0.4 is 0 Å². The Balaban J connectivity index is 2.14. The number of aryl methyl sites for hydroxylation is 1. The van der Waals surface area contributed by atoms with E-state index in [-0.39, 0.29) is 33.5 Å². The normalized spacial score (nSPS) is 10.5. The monoisotopic (exact) mass is 397 g/mol. The molecule has 0 saturated carbocycles. The van der Waals surface area contributed by atoms with Crippen LogP contribution in [-0.4, -0.2) is 35.9 Å². The van der Waals surface area contributed by atoms with Crippen molar-refractivity contribution in [3.63, 3.8) is 0 Å². The molecular formula is C18H17Cl2NO5. The number of hydrogen-bond acceptors (Lipinski definition) is 5. The number of Topliss-reactive ketones (excluding diaryl/α,β-unsaturated/α-hetero) is 1. The van der Waals surface area contributed by atoms with E-state index >= 15 is 0 Å². The molecule has 1 aromatic heterocycles. The highest BCUT2D eigenvalue weighted by molar-refractivity contribution is 6.43. The minimum absolute atomic E-state index is 0.0604. The van der Waals surface area contributed by atoms with Crippen LogP contribution in [0.15, 0.2) is 18.2 Å². The summed E-state index contributed by atoms with van der Waals surface area (Å²) in [5.74, 6) is -1.75. The zero-order valence-corrected chi connectivity index (χ0v) is 16.0. The summed E-state index contributed by atoms with van der Waals surface area (Å²) in [7, 11) is 0. The molecule has 2 rings (SSSR count). The van der Waals surface area contributed by atoms with Gasteiger partial charge in [0.1, 0.15) is 5.69 Å². The van der Waals surface area contributed by atoms with Gasteiger partial charge in [-0.1, -0.05) is 29.3 Å². The lowest BCUT2D eigenvalue weighted by atomic mass is 10.1. The first-order valence-electron chi connectivity index (χ1n) is 7.78. The summed E-state index contributed by atoms with van der Waals surface area (Å²) in [5.41, 5.74) is 1.51. The summed E-state index contributed by atoms with van der Waals surface area (Å²) in [5, 5.41) is 0.272. The van der Waals surface area contributed by atoms with Crippen LogP contribution in [0.2, 0.25) is 10.0 Å². The van der Waals surface area contributed by atoms with Crippen molar-refractivity contribution in [2.24, 2.45) is 0 Å². The number of esters is 2. The molecule has 1 N–H and O–H groups in total. The second-order valence-corrected chi connectivity index (χ2v) is 6.23. The number of H-pyrrole nitrogens is 1. The molecule has 0 spiro atoms. The second kappa shape index (κ2) is 8.38. The van der Waals surface area contributed by atoms with Crippen LogP contribution in [0.5, 0.6) is 0 Å². The zero-order valence-electron chi connectivity index (χ0n) is 14.4. The number of carbonyl (C=O) groups excluding carboxylic acids is 3. The Morgan fingerprint density at radius 1 is 1.08 bits per heavy atom. The number of hydrogen-bond donors (Lipinski definition) is 1. The Kier molecular flexibility index (Phi) is 6.45. The molecule has 0 aliphatic heterocycles. The summed E-state index contributed by atoms with van der Waals surface area (Å²) < 4.78 is 9.99. The lowest BCUT2D eigenvalue weighted by Crippen LogP contribution is -2.16. The van der Waals surface area contributed by atoms with Crippen molar-refractivity contribution < 1.29 is 23.9 Å². The molecule has 0 radical (unpaired) electrons. The molecule has 8 heteroatoms. The summed E-state index contributed by atoms with van der Waals surface area (Å²) >= 11 is 11.8. The number of carbonyl (C=O) groups is 3. The Morgan fingerprint density at radius 2 is 1.77 bits per heavy atom. The van der Waals surface area contributed by atoms with E-state index in [9.17, 15) is 14.4 Å². The third kappa shape index (κ3) is 4.08. The van der Waals surface area contributed by atoms with Crippen molar-refractivity contribution in [2.75, 3.05) is 13.2 Å². The average molecular weight is 398 g/mol. The number of nitrogens with one attached hydrogen (secondary N) is 1. The van der Waals surface area contributed by atoms with Gasteiger partial charge in [-0.05, 0) is 38.5 Å². The van der Waals surface area contributed by atoms with Crippen molar-refractivity contribution >= 4 is 40.9 Å². The fourth-order valence-corrected chi connectivity index (χ4v) is 2.90. The van der Waals surface area contributed by atoms with Gasteiger partial charge in [0.05, 0.1) is 22.2 Å². The third-order valence-electron chi connectivity index (χ3n) is 3.70. The average Bonchev–Trinajstić information content (AvgIpc) is 2.89. The molecule has 0 atom stereocenters. The van der Waals surface area contributed by atoms with Crippen LogP contribution in [0, 0.1) is 13.8 Å². The van der Waals surface area contributed by atoms with Crippen LogP contribution in [-0.2, 0) is 9.47 Å². The molecule has 0 bridgehead atoms. The van der Waals surface area contributed by atoms with Gasteiger partial charge in [0.25, 0.3) is 0 Å². The lowest BCUT2D eigenvalue weighted by Gasteiger charge is -2.07. The summed E-state index contributed by atoms with van der Waals surface area (Å²) in [6.45, 7) is 4.69. The number of halogens is 2. The first-order valence-corrected chi connectivity index (χ1v) is 8.54. The van der Waals surface area contributed by atoms with Crippen molar-refractivity contribution in [3.8, 4) is 0 Å². The second-order valence-electron chi connectivity index (χ2n) is 5.45. The minimum Gasteiger partial charge on any atom is -0.461 e.